The van der Waals surface area contributed by atoms with Gasteiger partial charge in [-0.3, -0.25) is 4.79 Å². The SMILES string of the molecule is C#CC(=O)CC1CNC1. The maximum Gasteiger partial charge on any atom is 0.205 e. The summed E-state index contributed by atoms with van der Waals surface area (Å²) in [6, 6.07) is 0. The van der Waals surface area contributed by atoms with Crippen LogP contribution in [0.3, 0.4) is 0 Å². The third kappa shape index (κ3) is 1.55. The fourth-order valence-corrected chi connectivity index (χ4v) is 0.814. The van der Waals surface area contributed by atoms with Crippen LogP contribution in [0.5, 0.6) is 0 Å². The van der Waals surface area contributed by atoms with E-state index in [2.05, 4.69) is 11.2 Å². The molecule has 48 valence electrons. The van der Waals surface area contributed by atoms with Crippen LogP contribution in [0.2, 0.25) is 0 Å². The van der Waals surface area contributed by atoms with Crippen molar-refractivity contribution in [1.82, 2.24) is 5.32 Å². The summed E-state index contributed by atoms with van der Waals surface area (Å²) in [5.74, 6) is 2.54. The van der Waals surface area contributed by atoms with E-state index in [4.69, 9.17) is 6.42 Å². The predicted octanol–water partition coefficient (Wildman–Crippen LogP) is -0.202. The summed E-state index contributed by atoms with van der Waals surface area (Å²) in [5.41, 5.74) is 0. The number of rotatable bonds is 2. The van der Waals surface area contributed by atoms with Crippen LogP contribution in [-0.2, 0) is 4.79 Å². The van der Waals surface area contributed by atoms with Crippen LogP contribution in [0.15, 0.2) is 0 Å². The van der Waals surface area contributed by atoms with Crippen molar-refractivity contribution in [2.75, 3.05) is 13.1 Å². The summed E-state index contributed by atoms with van der Waals surface area (Å²) in [4.78, 5) is 10.6. The third-order valence-corrected chi connectivity index (χ3v) is 1.50. The van der Waals surface area contributed by atoms with Gasteiger partial charge in [-0.2, -0.15) is 0 Å². The minimum absolute atomic E-state index is 0.0681. The van der Waals surface area contributed by atoms with Gasteiger partial charge in [0, 0.05) is 6.42 Å². The van der Waals surface area contributed by atoms with Crippen molar-refractivity contribution in [3.8, 4) is 12.3 Å². The molecular weight excluding hydrogens is 114 g/mol. The number of carbonyl (C=O) groups excluding carboxylic acids is 1. The number of nitrogens with one attached hydrogen (secondary N) is 1. The van der Waals surface area contributed by atoms with Gasteiger partial charge in [0.15, 0.2) is 0 Å². The van der Waals surface area contributed by atoms with Crippen LogP contribution < -0.4 is 5.32 Å². The average molecular weight is 123 g/mol. The highest BCUT2D eigenvalue weighted by Crippen LogP contribution is 2.07. The average Bonchev–Trinajstić information content (AvgIpc) is 1.78. The van der Waals surface area contributed by atoms with E-state index in [-0.39, 0.29) is 5.78 Å². The lowest BCUT2D eigenvalue weighted by Crippen LogP contribution is -2.42. The molecule has 0 amide bonds. The zero-order valence-electron chi connectivity index (χ0n) is 5.18. The van der Waals surface area contributed by atoms with Gasteiger partial charge in [0.05, 0.1) is 0 Å². The Labute approximate surface area is 54.6 Å². The summed E-state index contributed by atoms with van der Waals surface area (Å²) in [6.07, 6.45) is 5.44. The van der Waals surface area contributed by atoms with Crippen LogP contribution in [0, 0.1) is 18.3 Å². The monoisotopic (exact) mass is 123 g/mol. The molecule has 0 aromatic heterocycles. The number of terminal acetylenes is 1. The highest BCUT2D eigenvalue weighted by atomic mass is 16.1. The van der Waals surface area contributed by atoms with Gasteiger partial charge in [-0.05, 0) is 24.9 Å². The van der Waals surface area contributed by atoms with E-state index in [9.17, 15) is 4.79 Å². The lowest BCUT2D eigenvalue weighted by Gasteiger charge is -2.25. The molecule has 1 heterocycles. The predicted molar refractivity (Wildman–Crippen MR) is 34.8 cm³/mol. The first-order valence-electron chi connectivity index (χ1n) is 3.03. The molecule has 1 aliphatic rings. The molecule has 0 aliphatic carbocycles. The Kier molecular flexibility index (Phi) is 1.86. The zero-order chi connectivity index (χ0) is 6.69. The summed E-state index contributed by atoms with van der Waals surface area (Å²) in [6.45, 7) is 1.90. The molecule has 0 aromatic rings. The van der Waals surface area contributed by atoms with Gasteiger partial charge in [0.2, 0.25) is 5.78 Å². The van der Waals surface area contributed by atoms with E-state index in [1.165, 1.54) is 0 Å². The molecule has 1 saturated heterocycles. The van der Waals surface area contributed by atoms with Crippen molar-refractivity contribution in [1.29, 1.82) is 0 Å². The molecule has 1 fully saturated rings. The van der Waals surface area contributed by atoms with Crippen molar-refractivity contribution in [3.05, 3.63) is 0 Å². The topological polar surface area (TPSA) is 29.1 Å². The molecule has 0 aromatic carbocycles. The summed E-state index contributed by atoms with van der Waals surface area (Å²) >= 11 is 0. The molecule has 2 heteroatoms. The standard InChI is InChI=1S/C7H9NO/c1-2-7(9)3-6-4-8-5-6/h1,6,8H,3-5H2. The highest BCUT2D eigenvalue weighted by molar-refractivity contribution is 5.95. The van der Waals surface area contributed by atoms with Gasteiger partial charge >= 0.3 is 0 Å². The molecule has 0 spiro atoms. The van der Waals surface area contributed by atoms with Gasteiger partial charge in [0.25, 0.3) is 0 Å². The molecule has 0 atom stereocenters. The zero-order valence-corrected chi connectivity index (χ0v) is 5.18. The van der Waals surface area contributed by atoms with Gasteiger partial charge in [-0.25, -0.2) is 0 Å². The minimum atomic E-state index is -0.0681. The molecule has 0 bridgehead atoms. The fraction of sp³-hybridized carbons (Fsp3) is 0.571. The second-order valence-electron chi connectivity index (χ2n) is 2.30. The maximum atomic E-state index is 10.6. The quantitative estimate of drug-likeness (QED) is 0.407. The van der Waals surface area contributed by atoms with Crippen molar-refractivity contribution < 1.29 is 4.79 Å². The van der Waals surface area contributed by atoms with E-state index >= 15 is 0 Å². The highest BCUT2D eigenvalue weighted by Gasteiger charge is 2.18. The van der Waals surface area contributed by atoms with Crippen LogP contribution in [0.4, 0.5) is 0 Å². The summed E-state index contributed by atoms with van der Waals surface area (Å²) in [5, 5.41) is 3.07. The smallest absolute Gasteiger partial charge is 0.205 e. The lowest BCUT2D eigenvalue weighted by molar-refractivity contribution is -0.115. The largest absolute Gasteiger partial charge is 0.316 e. The van der Waals surface area contributed by atoms with E-state index in [0.29, 0.717) is 12.3 Å². The van der Waals surface area contributed by atoms with E-state index in [0.717, 1.165) is 13.1 Å². The Morgan fingerprint density at radius 1 is 1.78 bits per heavy atom. The Balaban J connectivity index is 2.18. The molecule has 9 heavy (non-hydrogen) atoms. The normalized spacial score (nSPS) is 18.1. The van der Waals surface area contributed by atoms with Crippen molar-refractivity contribution in [3.63, 3.8) is 0 Å². The summed E-state index contributed by atoms with van der Waals surface area (Å²) in [7, 11) is 0. The molecule has 0 unspecified atom stereocenters. The van der Waals surface area contributed by atoms with Gasteiger partial charge in [-0.1, -0.05) is 0 Å². The summed E-state index contributed by atoms with van der Waals surface area (Å²) < 4.78 is 0. The van der Waals surface area contributed by atoms with Crippen LogP contribution in [0.25, 0.3) is 0 Å². The maximum absolute atomic E-state index is 10.6. The number of Topliss-reactive ketones (excluding diaryl/α,β-unsaturated/α-hetero) is 1. The lowest BCUT2D eigenvalue weighted by atomic mass is 9.97. The first-order valence-corrected chi connectivity index (χ1v) is 3.03. The van der Waals surface area contributed by atoms with Crippen molar-refractivity contribution in [2.24, 2.45) is 5.92 Å². The first-order chi connectivity index (χ1) is 4.33. The van der Waals surface area contributed by atoms with E-state index in [1.807, 2.05) is 0 Å². The van der Waals surface area contributed by atoms with Crippen LogP contribution in [0.1, 0.15) is 6.42 Å². The first kappa shape index (κ1) is 6.31. The van der Waals surface area contributed by atoms with E-state index < -0.39 is 0 Å². The molecule has 0 saturated carbocycles. The molecule has 1 rings (SSSR count). The third-order valence-electron chi connectivity index (χ3n) is 1.50. The minimum Gasteiger partial charge on any atom is -0.316 e. The second-order valence-corrected chi connectivity index (χ2v) is 2.30. The van der Waals surface area contributed by atoms with E-state index in [1.54, 1.807) is 0 Å². The van der Waals surface area contributed by atoms with Gasteiger partial charge in [-0.15, -0.1) is 6.42 Å². The number of ketones is 1. The second kappa shape index (κ2) is 2.65. The number of hydrogen-bond acceptors (Lipinski definition) is 2. The number of carbonyl (C=O) groups is 1. The van der Waals surface area contributed by atoms with Crippen molar-refractivity contribution >= 4 is 5.78 Å². The Bertz CT molecular complexity index is 153. The van der Waals surface area contributed by atoms with Gasteiger partial charge in [0.1, 0.15) is 0 Å². The molecule has 1 aliphatic heterocycles. The molecule has 0 radical (unpaired) electrons. The molecule has 2 nitrogen and oxygen atoms in total. The Hall–Kier alpha value is -0.810. The van der Waals surface area contributed by atoms with Gasteiger partial charge < -0.3 is 5.32 Å². The molecule has 1 N–H and O–H groups in total. The van der Waals surface area contributed by atoms with Crippen LogP contribution in [-0.4, -0.2) is 18.9 Å². The van der Waals surface area contributed by atoms with Crippen LogP contribution >= 0.6 is 0 Å². The number of hydrogen-bond donors (Lipinski definition) is 1. The Morgan fingerprint density at radius 2 is 2.44 bits per heavy atom. The van der Waals surface area contributed by atoms with Crippen molar-refractivity contribution in [2.45, 2.75) is 6.42 Å². The fourth-order valence-electron chi connectivity index (χ4n) is 0.814. The molecular formula is C7H9NO. The Morgan fingerprint density at radius 3 is 2.78 bits per heavy atom.